The summed E-state index contributed by atoms with van der Waals surface area (Å²) in [6.07, 6.45) is -6.16. The first-order valence-corrected chi connectivity index (χ1v) is 13.5. The smallest absolute Gasteiger partial charge is 0.355 e. The predicted molar refractivity (Wildman–Crippen MR) is 142 cm³/mol. The molecule has 1 aromatic rings. The number of methoxy groups -OCH3 is 1. The molecule has 0 spiro atoms. The van der Waals surface area contributed by atoms with Gasteiger partial charge in [-0.1, -0.05) is 29.8 Å². The van der Waals surface area contributed by atoms with E-state index in [0.717, 1.165) is 46.6 Å². The van der Waals surface area contributed by atoms with Gasteiger partial charge in [-0.25, -0.2) is 4.79 Å². The number of amides is 1. The summed E-state index contributed by atoms with van der Waals surface area (Å²) in [5.74, 6) is -4.98. The van der Waals surface area contributed by atoms with Crippen molar-refractivity contribution in [1.29, 1.82) is 0 Å². The Labute approximate surface area is 245 Å². The third-order valence-electron chi connectivity index (χ3n) is 5.58. The van der Waals surface area contributed by atoms with E-state index in [1.54, 1.807) is 30.3 Å². The summed E-state index contributed by atoms with van der Waals surface area (Å²) < 4.78 is 32.5. The lowest BCUT2D eigenvalue weighted by molar-refractivity contribution is -0.223. The molecule has 0 saturated carbocycles. The predicted octanol–water partition coefficient (Wildman–Crippen LogP) is 1.52. The fraction of sp³-hybridized carbons (Fsp3) is 0.538. The molecular formula is C26H32ClNO12S. The van der Waals surface area contributed by atoms with Crippen LogP contribution in [-0.2, 0) is 57.2 Å². The number of thioether (sulfide) groups is 1. The first-order valence-electron chi connectivity index (χ1n) is 12.3. The number of benzene rings is 1. The lowest BCUT2D eigenvalue weighted by Gasteiger charge is -2.50. The van der Waals surface area contributed by atoms with Crippen molar-refractivity contribution >= 4 is 59.1 Å². The third-order valence-corrected chi connectivity index (χ3v) is 7.59. The van der Waals surface area contributed by atoms with Crippen LogP contribution in [0.4, 0.5) is 0 Å². The van der Waals surface area contributed by atoms with Gasteiger partial charge in [0.1, 0.15) is 24.1 Å². The van der Waals surface area contributed by atoms with Gasteiger partial charge < -0.3 is 33.7 Å². The molecule has 0 unspecified atom stereocenters. The maximum atomic E-state index is 13.2. The summed E-state index contributed by atoms with van der Waals surface area (Å²) in [5.41, 5.74) is 0. The Morgan fingerprint density at radius 2 is 1.56 bits per heavy atom. The van der Waals surface area contributed by atoms with Gasteiger partial charge >= 0.3 is 29.8 Å². The zero-order valence-corrected chi connectivity index (χ0v) is 24.8. The molecule has 1 aromatic carbocycles. The van der Waals surface area contributed by atoms with Crippen LogP contribution in [0.5, 0.6) is 0 Å². The molecule has 1 heterocycles. The average molecular weight is 618 g/mol. The lowest BCUT2D eigenvalue weighted by atomic mass is 9.88. The molecule has 0 aromatic heterocycles. The summed E-state index contributed by atoms with van der Waals surface area (Å²) in [6, 6.07) is 7.29. The second-order valence-corrected chi connectivity index (χ2v) is 10.7. The Hall–Kier alpha value is -3.36. The van der Waals surface area contributed by atoms with E-state index in [1.807, 2.05) is 0 Å². The van der Waals surface area contributed by atoms with Crippen LogP contribution in [0.3, 0.4) is 0 Å². The third kappa shape index (κ3) is 9.33. The average Bonchev–Trinajstić information content (AvgIpc) is 2.88. The Kier molecular flexibility index (Phi) is 12.4. The van der Waals surface area contributed by atoms with Gasteiger partial charge in [0.2, 0.25) is 5.91 Å². The molecule has 13 nitrogen and oxygen atoms in total. The molecule has 0 radical (unpaired) electrons. The SMILES string of the molecule is COC(=O)[C@@]1(Cl)O[C@@H]([C@H](OC(C)=O)[C@H](COC(C)=O)OC(C)=O)[C@H](NC(C)=O)[C@@H](OC(C)=O)[C@H]1Sc1ccccc1. The van der Waals surface area contributed by atoms with Gasteiger partial charge in [0.25, 0.3) is 5.06 Å². The number of carbonyl (C=O) groups is 6. The molecule has 0 aliphatic carbocycles. The Balaban J connectivity index is 2.79. The number of ether oxygens (including phenoxy) is 6. The van der Waals surface area contributed by atoms with E-state index in [2.05, 4.69) is 5.32 Å². The van der Waals surface area contributed by atoms with Crippen LogP contribution >= 0.6 is 23.4 Å². The fourth-order valence-electron chi connectivity index (χ4n) is 4.17. The molecule has 1 saturated heterocycles. The van der Waals surface area contributed by atoms with Gasteiger partial charge in [-0.15, -0.1) is 11.8 Å². The molecule has 1 aliphatic rings. The highest BCUT2D eigenvalue weighted by Gasteiger charge is 2.63. The van der Waals surface area contributed by atoms with Crippen molar-refractivity contribution in [3.8, 4) is 0 Å². The second kappa shape index (κ2) is 15.0. The van der Waals surface area contributed by atoms with Crippen LogP contribution in [0.15, 0.2) is 35.2 Å². The normalized spacial score (nSPS) is 25.0. The number of hydrogen-bond acceptors (Lipinski definition) is 13. The Bertz CT molecular complexity index is 1130. The molecule has 7 atom stereocenters. The molecule has 1 aliphatic heterocycles. The molecule has 1 fully saturated rings. The first kappa shape index (κ1) is 33.8. The van der Waals surface area contributed by atoms with E-state index in [1.165, 1.54) is 6.92 Å². The van der Waals surface area contributed by atoms with E-state index in [-0.39, 0.29) is 0 Å². The number of esters is 5. The summed E-state index contributed by atoms with van der Waals surface area (Å²) in [5, 5.41) is -1.03. The summed E-state index contributed by atoms with van der Waals surface area (Å²) in [7, 11) is 1.06. The van der Waals surface area contributed by atoms with Crippen LogP contribution in [-0.4, -0.2) is 90.2 Å². The molecule has 226 valence electrons. The van der Waals surface area contributed by atoms with Crippen molar-refractivity contribution in [1.82, 2.24) is 5.32 Å². The van der Waals surface area contributed by atoms with E-state index in [0.29, 0.717) is 4.90 Å². The summed E-state index contributed by atoms with van der Waals surface area (Å²) in [4.78, 5) is 74.4. The van der Waals surface area contributed by atoms with E-state index in [9.17, 15) is 28.8 Å². The number of alkyl halides is 1. The molecule has 1 N–H and O–H groups in total. The first-order chi connectivity index (χ1) is 19.2. The fourth-order valence-corrected chi connectivity index (χ4v) is 5.88. The van der Waals surface area contributed by atoms with Crippen LogP contribution in [0.25, 0.3) is 0 Å². The zero-order chi connectivity index (χ0) is 30.9. The van der Waals surface area contributed by atoms with Crippen molar-refractivity contribution in [3.05, 3.63) is 30.3 Å². The van der Waals surface area contributed by atoms with Crippen LogP contribution in [0.2, 0.25) is 0 Å². The summed E-state index contributed by atoms with van der Waals surface area (Å²) >= 11 is 7.89. The van der Waals surface area contributed by atoms with Gasteiger partial charge in [0, 0.05) is 39.5 Å². The maximum Gasteiger partial charge on any atom is 0.355 e. The van der Waals surface area contributed by atoms with Gasteiger partial charge in [-0.05, 0) is 12.1 Å². The van der Waals surface area contributed by atoms with Crippen LogP contribution < -0.4 is 5.32 Å². The number of hydrogen-bond donors (Lipinski definition) is 1. The zero-order valence-electron chi connectivity index (χ0n) is 23.2. The second-order valence-electron chi connectivity index (χ2n) is 8.90. The van der Waals surface area contributed by atoms with Crippen LogP contribution in [0, 0.1) is 0 Å². The minimum absolute atomic E-state index is 0.594. The van der Waals surface area contributed by atoms with Gasteiger partial charge in [-0.3, -0.25) is 24.0 Å². The highest BCUT2D eigenvalue weighted by Crippen LogP contribution is 2.46. The highest BCUT2D eigenvalue weighted by molar-refractivity contribution is 8.00. The largest absolute Gasteiger partial charge is 0.466 e. The van der Waals surface area contributed by atoms with Gasteiger partial charge in [0.05, 0.1) is 13.2 Å². The minimum Gasteiger partial charge on any atom is -0.466 e. The molecular weight excluding hydrogens is 586 g/mol. The van der Waals surface area contributed by atoms with Crippen molar-refractivity contribution in [3.63, 3.8) is 0 Å². The number of carbonyl (C=O) groups excluding carboxylic acids is 6. The Morgan fingerprint density at radius 1 is 0.951 bits per heavy atom. The molecule has 0 bridgehead atoms. The topological polar surface area (TPSA) is 170 Å². The molecule has 15 heteroatoms. The van der Waals surface area contributed by atoms with E-state index >= 15 is 0 Å². The minimum atomic E-state index is -2.41. The standard InChI is InChI=1S/C26H32ClNO12S/c1-13(29)28-20-22(21(38-16(4)32)19(37-15(3)31)12-36-14(2)30)40-26(27,25(34)35-6)24(23(20)39-17(5)33)41-18-10-8-7-9-11-18/h7-11,19-24H,12H2,1-6H3,(H,28,29)/t19-,20-,21+,22+,23+,24+,26-/m0/s1. The quantitative estimate of drug-likeness (QED) is 0.215. The molecule has 1 amide bonds. The van der Waals surface area contributed by atoms with Crippen molar-refractivity contribution in [2.45, 2.75) is 80.3 Å². The van der Waals surface area contributed by atoms with Crippen molar-refractivity contribution < 1.29 is 57.2 Å². The van der Waals surface area contributed by atoms with E-state index < -0.39 is 83.1 Å². The van der Waals surface area contributed by atoms with Crippen molar-refractivity contribution in [2.75, 3.05) is 13.7 Å². The summed E-state index contributed by atoms with van der Waals surface area (Å²) in [6.45, 7) is 4.89. The highest BCUT2D eigenvalue weighted by atomic mass is 35.5. The van der Waals surface area contributed by atoms with Crippen molar-refractivity contribution in [2.24, 2.45) is 0 Å². The van der Waals surface area contributed by atoms with Gasteiger partial charge in [0.15, 0.2) is 12.2 Å². The molecule has 2 rings (SSSR count). The monoisotopic (exact) mass is 617 g/mol. The molecule has 41 heavy (non-hydrogen) atoms. The number of halogens is 1. The lowest BCUT2D eigenvalue weighted by Crippen LogP contribution is -2.72. The number of rotatable bonds is 11. The number of nitrogens with one attached hydrogen (secondary N) is 1. The van der Waals surface area contributed by atoms with Crippen LogP contribution in [0.1, 0.15) is 34.6 Å². The van der Waals surface area contributed by atoms with Gasteiger partial charge in [-0.2, -0.15) is 0 Å². The Morgan fingerprint density at radius 3 is 2.05 bits per heavy atom. The maximum absolute atomic E-state index is 13.2. The van der Waals surface area contributed by atoms with E-state index in [4.69, 9.17) is 40.0 Å².